The van der Waals surface area contributed by atoms with Crippen molar-refractivity contribution in [2.24, 2.45) is 0 Å². The van der Waals surface area contributed by atoms with Crippen LogP contribution in [0, 0.1) is 6.92 Å². The predicted molar refractivity (Wildman–Crippen MR) is 78.7 cm³/mol. The fraction of sp³-hybridized carbons (Fsp3) is 0.438. The number of piperidine rings is 1. The maximum absolute atomic E-state index is 11.5. The van der Waals surface area contributed by atoms with Crippen LogP contribution < -0.4 is 0 Å². The number of likely N-dealkylation sites (tertiary alicyclic amines) is 1. The van der Waals surface area contributed by atoms with E-state index in [0.29, 0.717) is 18.3 Å². The van der Waals surface area contributed by atoms with E-state index in [0.717, 1.165) is 24.9 Å². The van der Waals surface area contributed by atoms with Crippen molar-refractivity contribution in [1.29, 1.82) is 0 Å². The van der Waals surface area contributed by atoms with Crippen molar-refractivity contribution in [2.45, 2.75) is 32.6 Å². The quantitative estimate of drug-likeness (QED) is 0.851. The molecule has 2 heterocycles. The minimum Gasteiger partial charge on any atom is -0.420 e. The lowest BCUT2D eigenvalue weighted by molar-refractivity contribution is -0.130. The summed E-state index contributed by atoms with van der Waals surface area (Å²) in [6.07, 6.45) is 1.96. The fourth-order valence-electron chi connectivity index (χ4n) is 2.68. The lowest BCUT2D eigenvalue weighted by atomic mass is 9.98. The smallest absolute Gasteiger partial charge is 0.247 e. The third-order valence-electron chi connectivity index (χ3n) is 3.96. The minimum absolute atomic E-state index is 0.109. The highest BCUT2D eigenvalue weighted by Crippen LogP contribution is 2.28. The zero-order chi connectivity index (χ0) is 14.8. The van der Waals surface area contributed by atoms with Crippen molar-refractivity contribution in [3.63, 3.8) is 0 Å². The molecule has 0 spiro atoms. The van der Waals surface area contributed by atoms with Crippen LogP contribution in [0.15, 0.2) is 28.7 Å². The molecule has 1 amide bonds. The number of hydrogen-bond donors (Lipinski definition) is 0. The van der Waals surface area contributed by atoms with Gasteiger partial charge in [-0.15, -0.1) is 10.2 Å². The molecule has 1 aromatic carbocycles. The first-order chi connectivity index (χ1) is 10.1. The number of hydrogen-bond acceptors (Lipinski definition) is 4. The van der Waals surface area contributed by atoms with Crippen LogP contribution in [0.3, 0.4) is 0 Å². The van der Waals surface area contributed by atoms with Crippen LogP contribution in [0.1, 0.15) is 37.1 Å². The lowest BCUT2D eigenvalue weighted by Gasteiger charge is -2.30. The molecule has 5 nitrogen and oxygen atoms in total. The Balaban J connectivity index is 1.78. The highest BCUT2D eigenvalue weighted by molar-refractivity contribution is 5.73. The predicted octanol–water partition coefficient (Wildman–Crippen LogP) is 2.77. The molecule has 21 heavy (non-hydrogen) atoms. The van der Waals surface area contributed by atoms with Crippen LogP contribution in [0.5, 0.6) is 0 Å². The van der Waals surface area contributed by atoms with E-state index in [4.69, 9.17) is 4.42 Å². The average molecular weight is 285 g/mol. The summed E-state index contributed by atoms with van der Waals surface area (Å²) in [7, 11) is 0. The molecule has 0 saturated carbocycles. The van der Waals surface area contributed by atoms with E-state index in [9.17, 15) is 4.79 Å². The normalized spacial score (nSPS) is 18.8. The average Bonchev–Trinajstić information content (AvgIpc) is 2.98. The van der Waals surface area contributed by atoms with Gasteiger partial charge in [-0.3, -0.25) is 4.79 Å². The van der Waals surface area contributed by atoms with Crippen LogP contribution in [-0.2, 0) is 4.79 Å². The molecule has 0 aliphatic carbocycles. The second-order valence-electron chi connectivity index (χ2n) is 5.62. The molecule has 0 bridgehead atoms. The van der Waals surface area contributed by atoms with Gasteiger partial charge >= 0.3 is 0 Å². The second kappa shape index (κ2) is 5.68. The van der Waals surface area contributed by atoms with Crippen LogP contribution >= 0.6 is 0 Å². The molecular weight excluding hydrogens is 266 g/mol. The monoisotopic (exact) mass is 285 g/mol. The summed E-state index contributed by atoms with van der Waals surface area (Å²) in [5.74, 6) is 1.44. The number of carbonyl (C=O) groups excluding carboxylic acids is 1. The van der Waals surface area contributed by atoms with Crippen molar-refractivity contribution < 1.29 is 9.21 Å². The van der Waals surface area contributed by atoms with Gasteiger partial charge in [0.15, 0.2) is 0 Å². The Morgan fingerprint density at radius 2 is 2.05 bits per heavy atom. The molecular formula is C16H19N3O2. The molecule has 110 valence electrons. The Morgan fingerprint density at radius 1 is 1.29 bits per heavy atom. The van der Waals surface area contributed by atoms with E-state index >= 15 is 0 Å². The molecule has 1 fully saturated rings. The molecule has 1 aromatic heterocycles. The molecule has 2 aromatic rings. The van der Waals surface area contributed by atoms with Crippen LogP contribution in [-0.4, -0.2) is 34.1 Å². The zero-order valence-corrected chi connectivity index (χ0v) is 12.4. The summed E-state index contributed by atoms with van der Waals surface area (Å²) < 4.78 is 5.82. The number of carbonyl (C=O) groups is 1. The Bertz CT molecular complexity index is 633. The third kappa shape index (κ3) is 2.96. The van der Waals surface area contributed by atoms with E-state index in [2.05, 4.69) is 10.2 Å². The Morgan fingerprint density at radius 3 is 2.76 bits per heavy atom. The highest BCUT2D eigenvalue weighted by Gasteiger charge is 2.27. The summed E-state index contributed by atoms with van der Waals surface area (Å²) in [5.41, 5.74) is 2.13. The number of rotatable bonds is 2. The number of aryl methyl sites for hydroxylation is 1. The largest absolute Gasteiger partial charge is 0.420 e. The maximum atomic E-state index is 11.5. The molecule has 1 atom stereocenters. The third-order valence-corrected chi connectivity index (χ3v) is 3.96. The van der Waals surface area contributed by atoms with Gasteiger partial charge in [0, 0.05) is 25.6 Å². The van der Waals surface area contributed by atoms with Gasteiger partial charge in [0.25, 0.3) is 0 Å². The number of aromatic nitrogens is 2. The molecule has 0 N–H and O–H groups in total. The number of amides is 1. The van der Waals surface area contributed by atoms with Crippen molar-refractivity contribution in [3.05, 3.63) is 35.7 Å². The fourth-order valence-corrected chi connectivity index (χ4v) is 2.68. The van der Waals surface area contributed by atoms with Crippen LogP contribution in [0.4, 0.5) is 0 Å². The Labute approximate surface area is 124 Å². The van der Waals surface area contributed by atoms with E-state index in [1.807, 2.05) is 36.1 Å². The molecule has 0 radical (unpaired) electrons. The van der Waals surface area contributed by atoms with Gasteiger partial charge in [0.2, 0.25) is 17.7 Å². The zero-order valence-electron chi connectivity index (χ0n) is 12.4. The highest BCUT2D eigenvalue weighted by atomic mass is 16.4. The molecule has 5 heteroatoms. The first-order valence-corrected chi connectivity index (χ1v) is 7.29. The van der Waals surface area contributed by atoms with Gasteiger partial charge < -0.3 is 9.32 Å². The van der Waals surface area contributed by atoms with E-state index in [1.54, 1.807) is 6.92 Å². The van der Waals surface area contributed by atoms with Crippen LogP contribution in [0.2, 0.25) is 0 Å². The standard InChI is InChI=1S/C16H19N3O2/c1-11-5-7-13(8-6-11)15-17-18-16(21-15)14-4-3-9-19(10-14)12(2)20/h5-8,14H,3-4,9-10H2,1-2H3/t14-/m0/s1. The van der Waals surface area contributed by atoms with Crippen molar-refractivity contribution in [1.82, 2.24) is 15.1 Å². The molecule has 1 aliphatic rings. The number of nitrogens with zero attached hydrogens (tertiary/aromatic N) is 3. The molecule has 3 rings (SSSR count). The summed E-state index contributed by atoms with van der Waals surface area (Å²) in [4.78, 5) is 13.3. The van der Waals surface area contributed by atoms with Crippen LogP contribution in [0.25, 0.3) is 11.5 Å². The summed E-state index contributed by atoms with van der Waals surface area (Å²) >= 11 is 0. The van der Waals surface area contributed by atoms with Crippen molar-refractivity contribution in [2.75, 3.05) is 13.1 Å². The van der Waals surface area contributed by atoms with Crippen molar-refractivity contribution >= 4 is 5.91 Å². The van der Waals surface area contributed by atoms with E-state index in [1.165, 1.54) is 5.56 Å². The SMILES string of the molecule is CC(=O)N1CCC[C@H](c2nnc(-c3ccc(C)cc3)o2)C1. The molecule has 1 aliphatic heterocycles. The topological polar surface area (TPSA) is 59.2 Å². The first-order valence-electron chi connectivity index (χ1n) is 7.29. The molecule has 0 unspecified atom stereocenters. The summed E-state index contributed by atoms with van der Waals surface area (Å²) in [6, 6.07) is 8.01. The van der Waals surface area contributed by atoms with Gasteiger partial charge in [-0.25, -0.2) is 0 Å². The minimum atomic E-state index is 0.109. The van der Waals surface area contributed by atoms with E-state index < -0.39 is 0 Å². The molecule has 1 saturated heterocycles. The van der Waals surface area contributed by atoms with Crippen molar-refractivity contribution in [3.8, 4) is 11.5 Å². The Kier molecular flexibility index (Phi) is 3.73. The Hall–Kier alpha value is -2.17. The summed E-state index contributed by atoms with van der Waals surface area (Å²) in [5, 5.41) is 8.32. The second-order valence-corrected chi connectivity index (χ2v) is 5.62. The van der Waals surface area contributed by atoms with Gasteiger partial charge in [-0.1, -0.05) is 17.7 Å². The van der Waals surface area contributed by atoms with Gasteiger partial charge in [-0.05, 0) is 31.9 Å². The van der Waals surface area contributed by atoms with Gasteiger partial charge in [0.1, 0.15) is 0 Å². The van der Waals surface area contributed by atoms with Gasteiger partial charge in [0.05, 0.1) is 5.92 Å². The lowest BCUT2D eigenvalue weighted by Crippen LogP contribution is -2.37. The van der Waals surface area contributed by atoms with E-state index in [-0.39, 0.29) is 11.8 Å². The van der Waals surface area contributed by atoms with Gasteiger partial charge in [-0.2, -0.15) is 0 Å². The number of benzene rings is 1. The maximum Gasteiger partial charge on any atom is 0.247 e. The summed E-state index contributed by atoms with van der Waals surface area (Å²) in [6.45, 7) is 5.14. The first kappa shape index (κ1) is 13.8.